The van der Waals surface area contributed by atoms with E-state index in [4.69, 9.17) is 12.2 Å². The molecule has 0 saturated carbocycles. The molecule has 2 rings (SSSR count). The summed E-state index contributed by atoms with van der Waals surface area (Å²) in [4.78, 5) is 3.02. The van der Waals surface area contributed by atoms with Gasteiger partial charge in [0, 0.05) is 17.3 Å². The molecule has 0 saturated heterocycles. The molecule has 1 heterocycles. The molecule has 18 heavy (non-hydrogen) atoms. The Morgan fingerprint density at radius 2 is 2.00 bits per heavy atom. The van der Waals surface area contributed by atoms with Crippen molar-refractivity contribution >= 4 is 28.1 Å². The van der Waals surface area contributed by atoms with Gasteiger partial charge in [-0.3, -0.25) is 4.57 Å². The highest BCUT2D eigenvalue weighted by molar-refractivity contribution is 9.10. The maximum Gasteiger partial charge on any atom is 0.182 e. The predicted octanol–water partition coefficient (Wildman–Crippen LogP) is 4.73. The summed E-state index contributed by atoms with van der Waals surface area (Å²) >= 11 is 8.42. The Kier molecular flexibility index (Phi) is 3.47. The number of hydrogen-bond donors (Lipinski definition) is 1. The summed E-state index contributed by atoms with van der Waals surface area (Å²) in [6.07, 6.45) is 1.88. The van der Waals surface area contributed by atoms with Crippen LogP contribution in [-0.2, 0) is 5.41 Å². The van der Waals surface area contributed by atoms with Gasteiger partial charge in [-0.15, -0.1) is 0 Å². The van der Waals surface area contributed by atoms with Crippen LogP contribution in [0, 0.1) is 10.6 Å². The molecule has 0 aliphatic heterocycles. The van der Waals surface area contributed by atoms with Crippen molar-refractivity contribution in [2.45, 2.75) is 26.2 Å². The van der Waals surface area contributed by atoms with E-state index in [1.807, 2.05) is 16.8 Å². The largest absolute Gasteiger partial charge is 0.337 e. The van der Waals surface area contributed by atoms with E-state index in [1.54, 1.807) is 6.07 Å². The molecule has 0 unspecified atom stereocenters. The number of rotatable bonds is 1. The molecule has 0 atom stereocenters. The second kappa shape index (κ2) is 4.63. The Balaban J connectivity index is 2.67. The number of nitrogens with zero attached hydrogens (tertiary/aromatic N) is 1. The van der Waals surface area contributed by atoms with Crippen molar-refractivity contribution in [3.63, 3.8) is 0 Å². The Morgan fingerprint density at radius 1 is 1.33 bits per heavy atom. The molecule has 5 heteroatoms. The Morgan fingerprint density at radius 3 is 2.56 bits per heavy atom. The van der Waals surface area contributed by atoms with Crippen LogP contribution in [0.4, 0.5) is 4.39 Å². The van der Waals surface area contributed by atoms with Gasteiger partial charge >= 0.3 is 0 Å². The van der Waals surface area contributed by atoms with Crippen LogP contribution in [0.25, 0.3) is 5.69 Å². The maximum atomic E-state index is 13.6. The van der Waals surface area contributed by atoms with Crippen molar-refractivity contribution in [2.75, 3.05) is 0 Å². The first kappa shape index (κ1) is 13.5. The van der Waals surface area contributed by atoms with Crippen molar-refractivity contribution in [3.8, 4) is 5.69 Å². The van der Waals surface area contributed by atoms with Crippen molar-refractivity contribution in [1.29, 1.82) is 0 Å². The zero-order chi connectivity index (χ0) is 13.5. The molecule has 1 N–H and O–H groups in total. The Labute approximate surface area is 119 Å². The lowest BCUT2D eigenvalue weighted by Crippen LogP contribution is -2.16. The molecule has 0 aliphatic carbocycles. The minimum atomic E-state index is -0.296. The number of halogens is 2. The van der Waals surface area contributed by atoms with Crippen LogP contribution in [0.1, 0.15) is 26.5 Å². The summed E-state index contributed by atoms with van der Waals surface area (Å²) < 4.78 is 16.5. The highest BCUT2D eigenvalue weighted by Crippen LogP contribution is 2.27. The standard InChI is InChI=1S/C13H14BrFN2S/c1-13(2,3)11-7-16-12(18)17(11)8-4-5-9(14)10(15)6-8/h4-7H,1-3H3,(H,16,18). The molecule has 0 fully saturated rings. The van der Waals surface area contributed by atoms with Crippen molar-refractivity contribution < 1.29 is 4.39 Å². The summed E-state index contributed by atoms with van der Waals surface area (Å²) in [5.74, 6) is -0.296. The topological polar surface area (TPSA) is 20.7 Å². The summed E-state index contributed by atoms with van der Waals surface area (Å²) in [6, 6.07) is 5.00. The molecule has 0 bridgehead atoms. The Hall–Kier alpha value is -0.940. The van der Waals surface area contributed by atoms with Gasteiger partial charge in [0.25, 0.3) is 0 Å². The van der Waals surface area contributed by atoms with Crippen molar-refractivity contribution in [3.05, 3.63) is 45.2 Å². The lowest BCUT2D eigenvalue weighted by atomic mass is 9.92. The third kappa shape index (κ3) is 2.42. The zero-order valence-electron chi connectivity index (χ0n) is 10.4. The zero-order valence-corrected chi connectivity index (χ0v) is 12.8. The number of H-pyrrole nitrogens is 1. The number of aromatic amines is 1. The fraction of sp³-hybridized carbons (Fsp3) is 0.308. The lowest BCUT2D eigenvalue weighted by molar-refractivity contribution is 0.554. The first-order chi connectivity index (χ1) is 8.30. The smallest absolute Gasteiger partial charge is 0.182 e. The van der Waals surface area contributed by atoms with Crippen LogP contribution in [0.5, 0.6) is 0 Å². The molecule has 1 aromatic carbocycles. The molecule has 0 spiro atoms. The third-order valence-electron chi connectivity index (χ3n) is 2.71. The van der Waals surface area contributed by atoms with E-state index in [-0.39, 0.29) is 11.2 Å². The molecule has 0 radical (unpaired) electrons. The van der Waals surface area contributed by atoms with E-state index in [0.29, 0.717) is 9.24 Å². The number of imidazole rings is 1. The van der Waals surface area contributed by atoms with Crippen LogP contribution < -0.4 is 0 Å². The quantitative estimate of drug-likeness (QED) is 0.750. The Bertz CT molecular complexity index is 637. The van der Waals surface area contributed by atoms with Crippen LogP contribution in [0.2, 0.25) is 0 Å². The minimum Gasteiger partial charge on any atom is -0.337 e. The molecule has 0 aliphatic rings. The predicted molar refractivity (Wildman–Crippen MR) is 77.3 cm³/mol. The molecular formula is C13H14BrFN2S. The average Bonchev–Trinajstić information content (AvgIpc) is 2.64. The number of benzene rings is 1. The van der Waals surface area contributed by atoms with E-state index in [9.17, 15) is 4.39 Å². The van der Waals surface area contributed by atoms with Gasteiger partial charge in [0.2, 0.25) is 0 Å². The highest BCUT2D eigenvalue weighted by Gasteiger charge is 2.20. The van der Waals surface area contributed by atoms with Gasteiger partial charge in [0.1, 0.15) is 5.82 Å². The van der Waals surface area contributed by atoms with Gasteiger partial charge < -0.3 is 4.98 Å². The van der Waals surface area contributed by atoms with Gasteiger partial charge in [0.05, 0.1) is 10.2 Å². The SMILES string of the molecule is CC(C)(C)c1c[nH]c(=S)n1-c1ccc(Br)c(F)c1. The minimum absolute atomic E-state index is 0.0723. The summed E-state index contributed by atoms with van der Waals surface area (Å²) in [7, 11) is 0. The summed E-state index contributed by atoms with van der Waals surface area (Å²) in [6.45, 7) is 6.28. The van der Waals surface area contributed by atoms with E-state index >= 15 is 0 Å². The van der Waals surface area contributed by atoms with Crippen LogP contribution in [0.15, 0.2) is 28.9 Å². The van der Waals surface area contributed by atoms with Crippen molar-refractivity contribution in [1.82, 2.24) is 9.55 Å². The highest BCUT2D eigenvalue weighted by atomic mass is 79.9. The van der Waals surface area contributed by atoms with Crippen LogP contribution in [0.3, 0.4) is 0 Å². The molecule has 0 amide bonds. The fourth-order valence-corrected chi connectivity index (χ4v) is 2.31. The van der Waals surface area contributed by atoms with E-state index in [2.05, 4.69) is 41.7 Å². The van der Waals surface area contributed by atoms with Crippen LogP contribution in [-0.4, -0.2) is 9.55 Å². The van der Waals surface area contributed by atoms with Gasteiger partial charge in [-0.2, -0.15) is 0 Å². The molecule has 96 valence electrons. The molecule has 2 aromatic rings. The number of aromatic nitrogens is 2. The summed E-state index contributed by atoms with van der Waals surface area (Å²) in [5.41, 5.74) is 1.68. The maximum absolute atomic E-state index is 13.6. The fourth-order valence-electron chi connectivity index (χ4n) is 1.80. The summed E-state index contributed by atoms with van der Waals surface area (Å²) in [5, 5.41) is 0. The monoisotopic (exact) mass is 328 g/mol. The van der Waals surface area contributed by atoms with Gasteiger partial charge in [-0.25, -0.2) is 4.39 Å². The van der Waals surface area contributed by atoms with Crippen LogP contribution >= 0.6 is 28.1 Å². The first-order valence-corrected chi connectivity index (χ1v) is 6.77. The second-order valence-corrected chi connectivity index (χ2v) is 6.40. The van der Waals surface area contributed by atoms with Gasteiger partial charge in [0.15, 0.2) is 4.77 Å². The van der Waals surface area contributed by atoms with Crippen molar-refractivity contribution in [2.24, 2.45) is 0 Å². The third-order valence-corrected chi connectivity index (χ3v) is 3.65. The van der Waals surface area contributed by atoms with Gasteiger partial charge in [-0.1, -0.05) is 20.8 Å². The van der Waals surface area contributed by atoms with E-state index in [0.717, 1.165) is 11.4 Å². The molecule has 2 nitrogen and oxygen atoms in total. The first-order valence-electron chi connectivity index (χ1n) is 5.57. The average molecular weight is 329 g/mol. The van der Waals surface area contributed by atoms with E-state index in [1.165, 1.54) is 6.07 Å². The molecule has 1 aromatic heterocycles. The lowest BCUT2D eigenvalue weighted by Gasteiger charge is -2.20. The number of hydrogen-bond acceptors (Lipinski definition) is 1. The van der Waals surface area contributed by atoms with E-state index < -0.39 is 0 Å². The molecular weight excluding hydrogens is 315 g/mol. The normalized spacial score (nSPS) is 11.8. The van der Waals surface area contributed by atoms with Gasteiger partial charge in [-0.05, 0) is 46.3 Å². The second-order valence-electron chi connectivity index (χ2n) is 5.16. The number of nitrogens with one attached hydrogen (secondary N) is 1.